The van der Waals surface area contributed by atoms with Gasteiger partial charge in [-0.15, -0.1) is 0 Å². The molecular formula is C19H29NO4. The Bertz CT molecular complexity index is 523. The van der Waals surface area contributed by atoms with E-state index in [1.54, 1.807) is 31.2 Å². The minimum atomic E-state index is -0.630. The van der Waals surface area contributed by atoms with Crippen LogP contribution in [0.4, 0.5) is 0 Å². The summed E-state index contributed by atoms with van der Waals surface area (Å²) in [4.78, 5) is 24.4. The molecule has 1 aromatic carbocycles. The maximum Gasteiger partial charge on any atom is 0.328 e. The standard InChI is InChI=1S/C19H29NO4/c1-6-23-19(22)17(11-13(2)3)20-18(21)15-7-9-16(10-8-15)24-12-14(4)5/h7-10,13-14,17H,6,11-12H2,1-5H3,(H,20,21). The van der Waals surface area contributed by atoms with Crippen LogP contribution in [0.2, 0.25) is 0 Å². The molecule has 0 aromatic heterocycles. The molecule has 0 saturated heterocycles. The normalized spacial score (nSPS) is 12.1. The van der Waals surface area contributed by atoms with Crippen LogP contribution in [0, 0.1) is 11.8 Å². The highest BCUT2D eigenvalue weighted by molar-refractivity contribution is 5.96. The zero-order valence-electron chi connectivity index (χ0n) is 15.3. The number of hydrogen-bond acceptors (Lipinski definition) is 4. The topological polar surface area (TPSA) is 64.6 Å². The molecule has 0 fully saturated rings. The maximum absolute atomic E-state index is 12.4. The molecule has 1 rings (SSSR count). The lowest BCUT2D eigenvalue weighted by molar-refractivity contribution is -0.145. The molecule has 24 heavy (non-hydrogen) atoms. The Morgan fingerprint density at radius 2 is 1.67 bits per heavy atom. The van der Waals surface area contributed by atoms with Gasteiger partial charge in [-0.3, -0.25) is 4.79 Å². The fraction of sp³-hybridized carbons (Fsp3) is 0.579. The van der Waals surface area contributed by atoms with Crippen LogP contribution in [0.3, 0.4) is 0 Å². The first kappa shape index (κ1) is 20.0. The van der Waals surface area contributed by atoms with Gasteiger partial charge in [0, 0.05) is 5.56 Å². The molecule has 1 N–H and O–H groups in total. The summed E-state index contributed by atoms with van der Waals surface area (Å²) in [5.41, 5.74) is 0.491. The van der Waals surface area contributed by atoms with Crippen LogP contribution >= 0.6 is 0 Å². The smallest absolute Gasteiger partial charge is 0.328 e. The van der Waals surface area contributed by atoms with Crippen molar-refractivity contribution in [3.05, 3.63) is 29.8 Å². The van der Waals surface area contributed by atoms with Crippen molar-refractivity contribution in [3.63, 3.8) is 0 Å². The monoisotopic (exact) mass is 335 g/mol. The Morgan fingerprint density at radius 3 is 2.17 bits per heavy atom. The molecule has 1 atom stereocenters. The molecule has 5 heteroatoms. The van der Waals surface area contributed by atoms with E-state index in [-0.39, 0.29) is 11.8 Å². The summed E-state index contributed by atoms with van der Waals surface area (Å²) in [5.74, 6) is 0.755. The third kappa shape index (κ3) is 7.02. The summed E-state index contributed by atoms with van der Waals surface area (Å²) < 4.78 is 10.6. The van der Waals surface area contributed by atoms with Crippen molar-refractivity contribution in [3.8, 4) is 5.75 Å². The zero-order valence-corrected chi connectivity index (χ0v) is 15.3. The van der Waals surface area contributed by atoms with E-state index in [0.29, 0.717) is 31.1 Å². The van der Waals surface area contributed by atoms with Crippen molar-refractivity contribution in [1.82, 2.24) is 5.32 Å². The molecule has 0 aliphatic heterocycles. The van der Waals surface area contributed by atoms with Gasteiger partial charge in [0.1, 0.15) is 11.8 Å². The Hall–Kier alpha value is -2.04. The molecule has 0 bridgehead atoms. The Labute approximate surface area is 144 Å². The van der Waals surface area contributed by atoms with Crippen LogP contribution in [-0.4, -0.2) is 31.1 Å². The largest absolute Gasteiger partial charge is 0.493 e. The molecule has 0 saturated carbocycles. The summed E-state index contributed by atoms with van der Waals surface area (Å²) in [6.45, 7) is 10.8. The Morgan fingerprint density at radius 1 is 1.04 bits per heavy atom. The van der Waals surface area contributed by atoms with Crippen LogP contribution in [-0.2, 0) is 9.53 Å². The van der Waals surface area contributed by atoms with Crippen LogP contribution in [0.25, 0.3) is 0 Å². The van der Waals surface area contributed by atoms with Gasteiger partial charge in [-0.1, -0.05) is 27.7 Å². The summed E-state index contributed by atoms with van der Waals surface area (Å²) in [7, 11) is 0. The first-order valence-electron chi connectivity index (χ1n) is 8.53. The average Bonchev–Trinajstić information content (AvgIpc) is 2.52. The summed E-state index contributed by atoms with van der Waals surface area (Å²) in [6.07, 6.45) is 0.542. The predicted molar refractivity (Wildman–Crippen MR) is 94.1 cm³/mol. The first-order chi connectivity index (χ1) is 11.3. The van der Waals surface area contributed by atoms with Crippen molar-refractivity contribution in [1.29, 1.82) is 0 Å². The highest BCUT2D eigenvalue weighted by Crippen LogP contribution is 2.14. The number of nitrogens with one attached hydrogen (secondary N) is 1. The molecule has 0 aliphatic carbocycles. The van der Waals surface area contributed by atoms with Gasteiger partial charge in [0.05, 0.1) is 13.2 Å². The van der Waals surface area contributed by atoms with Crippen LogP contribution in [0.5, 0.6) is 5.75 Å². The van der Waals surface area contributed by atoms with Gasteiger partial charge in [-0.05, 0) is 49.4 Å². The fourth-order valence-electron chi connectivity index (χ4n) is 2.14. The van der Waals surface area contributed by atoms with Gasteiger partial charge in [-0.2, -0.15) is 0 Å². The molecule has 134 valence electrons. The summed E-state index contributed by atoms with van der Waals surface area (Å²) in [5, 5.41) is 2.76. The van der Waals surface area contributed by atoms with E-state index in [9.17, 15) is 9.59 Å². The summed E-state index contributed by atoms with van der Waals surface area (Å²) in [6, 6.07) is 6.29. The molecule has 1 aromatic rings. The van der Waals surface area contributed by atoms with E-state index in [2.05, 4.69) is 19.2 Å². The highest BCUT2D eigenvalue weighted by Gasteiger charge is 2.23. The zero-order chi connectivity index (χ0) is 18.1. The lowest BCUT2D eigenvalue weighted by atomic mass is 10.0. The van der Waals surface area contributed by atoms with E-state index in [1.165, 1.54) is 0 Å². The fourth-order valence-corrected chi connectivity index (χ4v) is 2.14. The molecule has 0 heterocycles. The van der Waals surface area contributed by atoms with Gasteiger partial charge in [0.15, 0.2) is 0 Å². The number of esters is 1. The molecule has 0 aliphatic rings. The second-order valence-electron chi connectivity index (χ2n) is 6.64. The van der Waals surface area contributed by atoms with Gasteiger partial charge in [0.2, 0.25) is 0 Å². The Balaban J connectivity index is 2.71. The molecule has 0 spiro atoms. The third-order valence-electron chi connectivity index (χ3n) is 3.28. The first-order valence-corrected chi connectivity index (χ1v) is 8.53. The number of carbonyl (C=O) groups excluding carboxylic acids is 2. The van der Waals surface area contributed by atoms with E-state index in [1.807, 2.05) is 13.8 Å². The van der Waals surface area contributed by atoms with Crippen molar-refractivity contribution in [2.24, 2.45) is 11.8 Å². The van der Waals surface area contributed by atoms with Gasteiger partial charge >= 0.3 is 5.97 Å². The van der Waals surface area contributed by atoms with Gasteiger partial charge in [0.25, 0.3) is 5.91 Å². The quantitative estimate of drug-likeness (QED) is 0.702. The van der Waals surface area contributed by atoms with Crippen molar-refractivity contribution in [2.45, 2.75) is 47.1 Å². The van der Waals surface area contributed by atoms with Crippen molar-refractivity contribution >= 4 is 11.9 Å². The van der Waals surface area contributed by atoms with Crippen LogP contribution in [0.15, 0.2) is 24.3 Å². The molecule has 1 unspecified atom stereocenters. The molecule has 0 radical (unpaired) electrons. The number of rotatable bonds is 9. The average molecular weight is 335 g/mol. The number of amides is 1. The highest BCUT2D eigenvalue weighted by atomic mass is 16.5. The van der Waals surface area contributed by atoms with Gasteiger partial charge < -0.3 is 14.8 Å². The molecule has 5 nitrogen and oxygen atoms in total. The summed E-state index contributed by atoms with van der Waals surface area (Å²) >= 11 is 0. The molecular weight excluding hydrogens is 306 g/mol. The van der Waals surface area contributed by atoms with Gasteiger partial charge in [-0.25, -0.2) is 4.79 Å². The van der Waals surface area contributed by atoms with Crippen LogP contribution in [0.1, 0.15) is 51.4 Å². The molecule has 1 amide bonds. The van der Waals surface area contributed by atoms with E-state index in [4.69, 9.17) is 9.47 Å². The predicted octanol–water partition coefficient (Wildman–Crippen LogP) is 3.43. The van der Waals surface area contributed by atoms with Crippen molar-refractivity contribution in [2.75, 3.05) is 13.2 Å². The number of ether oxygens (including phenoxy) is 2. The number of benzene rings is 1. The van der Waals surface area contributed by atoms with E-state index >= 15 is 0 Å². The maximum atomic E-state index is 12.4. The lowest BCUT2D eigenvalue weighted by Gasteiger charge is -2.19. The lowest BCUT2D eigenvalue weighted by Crippen LogP contribution is -2.42. The second kappa shape index (κ2) is 9.96. The SMILES string of the molecule is CCOC(=O)C(CC(C)C)NC(=O)c1ccc(OCC(C)C)cc1. The number of hydrogen-bond donors (Lipinski definition) is 1. The minimum Gasteiger partial charge on any atom is -0.493 e. The third-order valence-corrected chi connectivity index (χ3v) is 3.28. The van der Waals surface area contributed by atoms with E-state index in [0.717, 1.165) is 5.75 Å². The minimum absolute atomic E-state index is 0.270. The van der Waals surface area contributed by atoms with Crippen LogP contribution < -0.4 is 10.1 Å². The van der Waals surface area contributed by atoms with Crippen molar-refractivity contribution < 1.29 is 19.1 Å². The number of carbonyl (C=O) groups is 2. The Kier molecular flexibility index (Phi) is 8.30. The van der Waals surface area contributed by atoms with E-state index < -0.39 is 12.0 Å². The second-order valence-corrected chi connectivity index (χ2v) is 6.64.